The molecule has 1 fully saturated rings. The summed E-state index contributed by atoms with van der Waals surface area (Å²) in [4.78, 5) is 26.1. The van der Waals surface area contributed by atoms with Crippen molar-refractivity contribution in [2.24, 2.45) is 5.92 Å². The van der Waals surface area contributed by atoms with E-state index in [9.17, 15) is 9.59 Å². The molecule has 0 aliphatic carbocycles. The van der Waals surface area contributed by atoms with Crippen molar-refractivity contribution in [1.29, 1.82) is 0 Å². The largest absolute Gasteiger partial charge is 0.312 e. The minimum Gasteiger partial charge on any atom is -0.312 e. The van der Waals surface area contributed by atoms with E-state index in [0.29, 0.717) is 11.7 Å². The van der Waals surface area contributed by atoms with Crippen molar-refractivity contribution in [3.05, 3.63) is 35.3 Å². The van der Waals surface area contributed by atoms with Gasteiger partial charge in [0.15, 0.2) is 0 Å². The predicted octanol–water partition coefficient (Wildman–Crippen LogP) is 2.09. The van der Waals surface area contributed by atoms with Crippen LogP contribution in [0.3, 0.4) is 0 Å². The number of carbonyl (C=O) groups is 2. The Labute approximate surface area is 132 Å². The van der Waals surface area contributed by atoms with Gasteiger partial charge in [-0.3, -0.25) is 9.59 Å². The molecule has 2 amide bonds. The minimum absolute atomic E-state index is 0.0298. The summed E-state index contributed by atoms with van der Waals surface area (Å²) in [5.41, 5.74) is 0.826. The van der Waals surface area contributed by atoms with Gasteiger partial charge in [-0.1, -0.05) is 36.5 Å². The van der Waals surface area contributed by atoms with Crippen LogP contribution in [-0.2, 0) is 16.0 Å². The standard InChI is InChI=1S/C15H16N4O2S/c1-2-12-17-18-15(22-12)16-14(21)10-8-13(20)19(9-10)11-6-4-3-5-7-11/h3-7,10H,2,8-9H2,1H3,(H,16,18,21)/t10-/m1/s1. The molecule has 1 aromatic carbocycles. The van der Waals surface area contributed by atoms with Gasteiger partial charge >= 0.3 is 0 Å². The Kier molecular flexibility index (Phi) is 4.15. The highest BCUT2D eigenvalue weighted by Gasteiger charge is 2.35. The zero-order valence-electron chi connectivity index (χ0n) is 12.2. The van der Waals surface area contributed by atoms with Gasteiger partial charge in [-0.2, -0.15) is 0 Å². The molecule has 0 saturated carbocycles. The van der Waals surface area contributed by atoms with Crippen LogP contribution in [-0.4, -0.2) is 28.6 Å². The van der Waals surface area contributed by atoms with Crippen LogP contribution in [0.5, 0.6) is 0 Å². The number of aryl methyl sites for hydroxylation is 1. The van der Waals surface area contributed by atoms with Gasteiger partial charge in [0.25, 0.3) is 0 Å². The smallest absolute Gasteiger partial charge is 0.231 e. The fourth-order valence-electron chi connectivity index (χ4n) is 2.40. The molecule has 7 heteroatoms. The van der Waals surface area contributed by atoms with Gasteiger partial charge in [0.1, 0.15) is 5.01 Å². The van der Waals surface area contributed by atoms with Crippen LogP contribution in [0.15, 0.2) is 30.3 Å². The van der Waals surface area contributed by atoms with E-state index < -0.39 is 0 Å². The van der Waals surface area contributed by atoms with Crippen molar-refractivity contribution in [3.63, 3.8) is 0 Å². The maximum absolute atomic E-state index is 12.3. The van der Waals surface area contributed by atoms with Crippen LogP contribution < -0.4 is 10.2 Å². The SMILES string of the molecule is CCc1nnc(NC(=O)[C@@H]2CC(=O)N(c3ccccc3)C2)s1. The number of nitrogens with one attached hydrogen (secondary N) is 1. The van der Waals surface area contributed by atoms with E-state index in [1.54, 1.807) is 4.90 Å². The molecule has 1 aliphatic rings. The van der Waals surface area contributed by atoms with Gasteiger partial charge in [0.2, 0.25) is 16.9 Å². The Balaban J connectivity index is 1.66. The molecule has 22 heavy (non-hydrogen) atoms. The number of amides is 2. The zero-order valence-corrected chi connectivity index (χ0v) is 13.0. The fraction of sp³-hybridized carbons (Fsp3) is 0.333. The summed E-state index contributed by atoms with van der Waals surface area (Å²) in [6, 6.07) is 9.40. The maximum atomic E-state index is 12.3. The Morgan fingerprint density at radius 3 is 2.82 bits per heavy atom. The minimum atomic E-state index is -0.360. The first-order chi connectivity index (χ1) is 10.7. The third-order valence-electron chi connectivity index (χ3n) is 3.56. The van der Waals surface area contributed by atoms with E-state index in [-0.39, 0.29) is 24.2 Å². The first kappa shape index (κ1) is 14.6. The van der Waals surface area contributed by atoms with Crippen molar-refractivity contribution in [2.45, 2.75) is 19.8 Å². The number of para-hydroxylation sites is 1. The molecule has 1 atom stereocenters. The molecule has 0 unspecified atom stereocenters. The number of aromatic nitrogens is 2. The average molecular weight is 316 g/mol. The molecular formula is C15H16N4O2S. The molecule has 0 radical (unpaired) electrons. The van der Waals surface area contributed by atoms with Gasteiger partial charge in [-0.15, -0.1) is 10.2 Å². The number of benzene rings is 1. The van der Waals surface area contributed by atoms with E-state index in [2.05, 4.69) is 15.5 Å². The summed E-state index contributed by atoms with van der Waals surface area (Å²) < 4.78 is 0. The Morgan fingerprint density at radius 2 is 2.14 bits per heavy atom. The molecule has 0 spiro atoms. The van der Waals surface area contributed by atoms with Gasteiger partial charge in [-0.25, -0.2) is 0 Å². The summed E-state index contributed by atoms with van der Waals surface area (Å²) in [6.07, 6.45) is 1.01. The monoisotopic (exact) mass is 316 g/mol. The Morgan fingerprint density at radius 1 is 1.36 bits per heavy atom. The Hall–Kier alpha value is -2.28. The number of nitrogens with zero attached hydrogens (tertiary/aromatic N) is 3. The molecule has 2 heterocycles. The quantitative estimate of drug-likeness (QED) is 0.937. The van der Waals surface area contributed by atoms with Crippen LogP contribution in [0.25, 0.3) is 0 Å². The lowest BCUT2D eigenvalue weighted by Gasteiger charge is -2.16. The highest BCUT2D eigenvalue weighted by molar-refractivity contribution is 7.15. The van der Waals surface area contributed by atoms with E-state index in [1.807, 2.05) is 37.3 Å². The molecule has 1 aromatic heterocycles. The highest BCUT2D eigenvalue weighted by Crippen LogP contribution is 2.26. The summed E-state index contributed by atoms with van der Waals surface area (Å²) in [5.74, 6) is -0.565. The molecular weight excluding hydrogens is 300 g/mol. The van der Waals surface area contributed by atoms with Gasteiger partial charge in [-0.05, 0) is 18.6 Å². The third-order valence-corrected chi connectivity index (χ3v) is 4.55. The number of hydrogen-bond donors (Lipinski definition) is 1. The van der Waals surface area contributed by atoms with E-state index in [4.69, 9.17) is 0 Å². The van der Waals surface area contributed by atoms with Crippen LogP contribution in [0, 0.1) is 5.92 Å². The second-order valence-electron chi connectivity index (χ2n) is 5.08. The Bertz CT molecular complexity index is 686. The highest BCUT2D eigenvalue weighted by atomic mass is 32.1. The average Bonchev–Trinajstić information content (AvgIpc) is 3.14. The summed E-state index contributed by atoms with van der Waals surface area (Å²) in [7, 11) is 0. The van der Waals surface area contributed by atoms with Crippen molar-refractivity contribution in [1.82, 2.24) is 10.2 Å². The fourth-order valence-corrected chi connectivity index (χ4v) is 3.08. The normalized spacial score (nSPS) is 17.8. The number of hydrogen-bond acceptors (Lipinski definition) is 5. The summed E-state index contributed by atoms with van der Waals surface area (Å²) >= 11 is 1.37. The third kappa shape index (κ3) is 2.99. The van der Waals surface area contributed by atoms with Crippen molar-refractivity contribution >= 4 is 34.0 Å². The second-order valence-corrected chi connectivity index (χ2v) is 6.15. The van der Waals surface area contributed by atoms with Crippen LogP contribution in [0.2, 0.25) is 0 Å². The topological polar surface area (TPSA) is 75.2 Å². The lowest BCUT2D eigenvalue weighted by molar-refractivity contribution is -0.122. The van der Waals surface area contributed by atoms with E-state index >= 15 is 0 Å². The first-order valence-electron chi connectivity index (χ1n) is 7.16. The van der Waals surface area contributed by atoms with Crippen LogP contribution in [0.1, 0.15) is 18.4 Å². The van der Waals surface area contributed by atoms with Gasteiger partial charge < -0.3 is 10.2 Å². The van der Waals surface area contributed by atoms with Crippen molar-refractivity contribution in [3.8, 4) is 0 Å². The zero-order chi connectivity index (χ0) is 15.5. The van der Waals surface area contributed by atoms with Crippen molar-refractivity contribution in [2.75, 3.05) is 16.8 Å². The summed E-state index contributed by atoms with van der Waals surface area (Å²) in [5, 5.41) is 12.0. The molecule has 114 valence electrons. The number of carbonyl (C=O) groups excluding carboxylic acids is 2. The molecule has 1 N–H and O–H groups in total. The molecule has 1 aliphatic heterocycles. The lowest BCUT2D eigenvalue weighted by atomic mass is 10.1. The first-order valence-corrected chi connectivity index (χ1v) is 7.97. The molecule has 2 aromatic rings. The predicted molar refractivity (Wildman–Crippen MR) is 84.8 cm³/mol. The molecule has 3 rings (SSSR count). The number of rotatable bonds is 4. The summed E-state index contributed by atoms with van der Waals surface area (Å²) in [6.45, 7) is 2.38. The van der Waals surface area contributed by atoms with Gasteiger partial charge in [0, 0.05) is 18.7 Å². The molecule has 0 bridgehead atoms. The van der Waals surface area contributed by atoms with E-state index in [0.717, 1.165) is 17.1 Å². The van der Waals surface area contributed by atoms with Gasteiger partial charge in [0.05, 0.1) is 5.92 Å². The lowest BCUT2D eigenvalue weighted by Crippen LogP contribution is -2.28. The molecule has 1 saturated heterocycles. The van der Waals surface area contributed by atoms with Crippen LogP contribution >= 0.6 is 11.3 Å². The van der Waals surface area contributed by atoms with Crippen molar-refractivity contribution < 1.29 is 9.59 Å². The molecule has 6 nitrogen and oxygen atoms in total. The maximum Gasteiger partial charge on any atom is 0.231 e. The second kappa shape index (κ2) is 6.23. The van der Waals surface area contributed by atoms with E-state index in [1.165, 1.54) is 11.3 Å². The van der Waals surface area contributed by atoms with Crippen LogP contribution in [0.4, 0.5) is 10.8 Å². The number of anilines is 2.